The van der Waals surface area contributed by atoms with Crippen LogP contribution in [-0.2, 0) is 7.05 Å². The molecule has 0 atom stereocenters. The second-order valence-electron chi connectivity index (χ2n) is 3.78. The van der Waals surface area contributed by atoms with Gasteiger partial charge in [0.15, 0.2) is 0 Å². The molecule has 5 heteroatoms. The van der Waals surface area contributed by atoms with Crippen molar-refractivity contribution in [3.63, 3.8) is 0 Å². The topological polar surface area (TPSA) is 54.9 Å². The van der Waals surface area contributed by atoms with Crippen LogP contribution in [0.25, 0.3) is 0 Å². The Morgan fingerprint density at radius 1 is 1.35 bits per heavy atom. The molecule has 1 heterocycles. The monoisotopic (exact) mass is 342 g/mol. The summed E-state index contributed by atoms with van der Waals surface area (Å²) < 4.78 is 2.16. The van der Waals surface area contributed by atoms with E-state index in [1.54, 1.807) is 26.1 Å². The predicted octanol–water partition coefficient (Wildman–Crippen LogP) is 1.86. The lowest BCUT2D eigenvalue weighted by molar-refractivity contribution is 0.103. The highest BCUT2D eigenvalue weighted by Crippen LogP contribution is 2.15. The number of ketones is 1. The van der Waals surface area contributed by atoms with Crippen molar-refractivity contribution in [2.75, 3.05) is 0 Å². The molecule has 0 unspecified atom stereocenters. The van der Waals surface area contributed by atoms with Gasteiger partial charge in [-0.2, -0.15) is 0 Å². The molecule has 0 saturated heterocycles. The second kappa shape index (κ2) is 4.48. The van der Waals surface area contributed by atoms with Crippen molar-refractivity contribution in [3.05, 3.63) is 55.0 Å². The van der Waals surface area contributed by atoms with Crippen molar-refractivity contribution in [1.82, 2.24) is 9.78 Å². The summed E-state index contributed by atoms with van der Waals surface area (Å²) in [6.45, 7) is 1.73. The minimum absolute atomic E-state index is 0.219. The number of carbonyl (C=O) groups excluding carboxylic acids is 1. The number of halogens is 1. The summed E-state index contributed by atoms with van der Waals surface area (Å²) in [4.78, 5) is 24.1. The summed E-state index contributed by atoms with van der Waals surface area (Å²) in [7, 11) is 1.60. The first kappa shape index (κ1) is 12.1. The van der Waals surface area contributed by atoms with Crippen LogP contribution in [0.2, 0.25) is 0 Å². The number of rotatable bonds is 2. The summed E-state index contributed by atoms with van der Waals surface area (Å²) in [6, 6.07) is 7.23. The van der Waals surface area contributed by atoms with Crippen LogP contribution in [0.4, 0.5) is 0 Å². The van der Waals surface area contributed by atoms with Crippen molar-refractivity contribution in [2.45, 2.75) is 6.92 Å². The molecular formula is C12H11IN2O2. The van der Waals surface area contributed by atoms with Gasteiger partial charge in [-0.25, -0.2) is 0 Å². The summed E-state index contributed by atoms with van der Waals surface area (Å²) in [5.41, 5.74) is 1.10. The summed E-state index contributed by atoms with van der Waals surface area (Å²) >= 11 is 2.09. The van der Waals surface area contributed by atoms with Gasteiger partial charge in [0, 0.05) is 21.9 Å². The third-order valence-electron chi connectivity index (χ3n) is 2.57. The van der Waals surface area contributed by atoms with E-state index in [1.807, 2.05) is 12.1 Å². The van der Waals surface area contributed by atoms with Crippen LogP contribution in [0, 0.1) is 10.5 Å². The van der Waals surface area contributed by atoms with Crippen LogP contribution < -0.4 is 5.56 Å². The molecule has 0 aliphatic carbocycles. The fourth-order valence-electron chi connectivity index (χ4n) is 1.73. The second-order valence-corrected chi connectivity index (χ2v) is 4.95. The molecule has 0 saturated carbocycles. The number of benzene rings is 1. The minimum atomic E-state index is -0.285. The standard InChI is InChI=1S/C12H11IN2O2/c1-7-10(12(17)15(2)14-7)11(16)8-5-3-4-6-9(8)13/h3-6,14H,1-2H3. The van der Waals surface area contributed by atoms with Gasteiger partial charge in [-0.1, -0.05) is 12.1 Å². The smallest absolute Gasteiger partial charge is 0.277 e. The zero-order chi connectivity index (χ0) is 12.6. The molecule has 0 amide bonds. The Morgan fingerprint density at radius 2 is 2.00 bits per heavy atom. The maximum atomic E-state index is 12.3. The van der Waals surface area contributed by atoms with Crippen LogP contribution >= 0.6 is 22.6 Å². The van der Waals surface area contributed by atoms with Gasteiger partial charge >= 0.3 is 0 Å². The Balaban J connectivity index is 2.60. The molecule has 0 aliphatic heterocycles. The Hall–Kier alpha value is -1.37. The predicted molar refractivity (Wildman–Crippen MR) is 73.4 cm³/mol. The van der Waals surface area contributed by atoms with Crippen LogP contribution in [-0.4, -0.2) is 15.6 Å². The molecule has 0 spiro atoms. The van der Waals surface area contributed by atoms with E-state index in [2.05, 4.69) is 27.7 Å². The van der Waals surface area contributed by atoms with E-state index >= 15 is 0 Å². The third kappa shape index (κ3) is 2.06. The van der Waals surface area contributed by atoms with E-state index in [4.69, 9.17) is 0 Å². The number of nitrogens with one attached hydrogen (secondary N) is 1. The summed E-state index contributed by atoms with van der Waals surface area (Å²) in [5.74, 6) is -0.227. The zero-order valence-electron chi connectivity index (χ0n) is 9.45. The van der Waals surface area contributed by atoms with Crippen LogP contribution in [0.3, 0.4) is 0 Å². The molecule has 0 radical (unpaired) electrons. The first-order chi connectivity index (χ1) is 8.02. The number of nitrogens with zero attached hydrogens (tertiary/aromatic N) is 1. The van der Waals surface area contributed by atoms with Crippen LogP contribution in [0.1, 0.15) is 21.6 Å². The third-order valence-corrected chi connectivity index (χ3v) is 3.52. The van der Waals surface area contributed by atoms with Gasteiger partial charge in [-0.3, -0.25) is 19.4 Å². The zero-order valence-corrected chi connectivity index (χ0v) is 11.6. The molecule has 17 heavy (non-hydrogen) atoms. The highest BCUT2D eigenvalue weighted by atomic mass is 127. The minimum Gasteiger partial charge on any atom is -0.299 e. The molecule has 88 valence electrons. The lowest BCUT2D eigenvalue weighted by Crippen LogP contribution is -2.20. The summed E-state index contributed by atoms with van der Waals surface area (Å²) in [6.07, 6.45) is 0. The normalized spacial score (nSPS) is 10.5. The number of hydrogen-bond acceptors (Lipinski definition) is 2. The number of aromatic amines is 1. The average Bonchev–Trinajstić information content (AvgIpc) is 2.53. The molecule has 0 fully saturated rings. The lowest BCUT2D eigenvalue weighted by atomic mass is 10.0. The van der Waals surface area contributed by atoms with Gasteiger partial charge in [0.2, 0.25) is 5.78 Å². The fourth-order valence-corrected chi connectivity index (χ4v) is 2.37. The largest absolute Gasteiger partial charge is 0.299 e. The molecule has 2 rings (SSSR count). The van der Waals surface area contributed by atoms with Gasteiger partial charge in [-0.15, -0.1) is 0 Å². The van der Waals surface area contributed by atoms with Crippen molar-refractivity contribution in [3.8, 4) is 0 Å². The number of hydrogen-bond donors (Lipinski definition) is 1. The first-order valence-corrected chi connectivity index (χ1v) is 6.15. The Kier molecular flexibility index (Phi) is 3.19. The average molecular weight is 342 g/mol. The van der Waals surface area contributed by atoms with Crippen LogP contribution in [0.5, 0.6) is 0 Å². The highest BCUT2D eigenvalue weighted by Gasteiger charge is 2.20. The Labute approximate surface area is 112 Å². The molecule has 1 N–H and O–H groups in total. The molecule has 0 aliphatic rings. The van der Waals surface area contributed by atoms with Gasteiger partial charge < -0.3 is 0 Å². The van der Waals surface area contributed by atoms with E-state index in [9.17, 15) is 9.59 Å². The number of aryl methyl sites for hydroxylation is 2. The van der Waals surface area contributed by atoms with Crippen molar-refractivity contribution >= 4 is 28.4 Å². The maximum Gasteiger partial charge on any atom is 0.277 e. The molecule has 1 aromatic heterocycles. The number of H-pyrrole nitrogens is 1. The summed E-state index contributed by atoms with van der Waals surface area (Å²) in [5, 5.41) is 2.83. The quantitative estimate of drug-likeness (QED) is 0.669. The van der Waals surface area contributed by atoms with E-state index in [1.165, 1.54) is 4.68 Å². The van der Waals surface area contributed by atoms with Crippen molar-refractivity contribution in [1.29, 1.82) is 0 Å². The van der Waals surface area contributed by atoms with Gasteiger partial charge in [0.25, 0.3) is 5.56 Å². The first-order valence-electron chi connectivity index (χ1n) is 5.07. The molecule has 4 nitrogen and oxygen atoms in total. The van der Waals surface area contributed by atoms with Crippen molar-refractivity contribution in [2.24, 2.45) is 7.05 Å². The lowest BCUT2D eigenvalue weighted by Gasteiger charge is -2.01. The molecule has 2 aromatic rings. The fraction of sp³-hybridized carbons (Fsp3) is 0.167. The maximum absolute atomic E-state index is 12.3. The molecular weight excluding hydrogens is 331 g/mol. The van der Waals surface area contributed by atoms with Crippen LogP contribution in [0.15, 0.2) is 29.1 Å². The van der Waals surface area contributed by atoms with E-state index in [0.29, 0.717) is 11.3 Å². The highest BCUT2D eigenvalue weighted by molar-refractivity contribution is 14.1. The number of aromatic nitrogens is 2. The van der Waals surface area contributed by atoms with E-state index < -0.39 is 0 Å². The number of carbonyl (C=O) groups is 1. The molecule has 1 aromatic carbocycles. The van der Waals surface area contributed by atoms with Crippen molar-refractivity contribution < 1.29 is 4.79 Å². The molecule has 0 bridgehead atoms. The van der Waals surface area contributed by atoms with E-state index in [-0.39, 0.29) is 16.9 Å². The Bertz CT molecular complexity index is 640. The van der Waals surface area contributed by atoms with E-state index in [0.717, 1.165) is 3.57 Å². The SMILES string of the molecule is Cc1[nH]n(C)c(=O)c1C(=O)c1ccccc1I. The van der Waals surface area contributed by atoms with Gasteiger partial charge in [-0.05, 0) is 41.6 Å². The Morgan fingerprint density at radius 3 is 2.53 bits per heavy atom. The van der Waals surface area contributed by atoms with Gasteiger partial charge in [0.05, 0.1) is 0 Å². The van der Waals surface area contributed by atoms with Gasteiger partial charge in [0.1, 0.15) is 5.56 Å².